The van der Waals surface area contributed by atoms with Crippen molar-refractivity contribution in [2.75, 3.05) is 5.73 Å². The fraction of sp³-hybridized carbons (Fsp3) is 0.0833. The summed E-state index contributed by atoms with van der Waals surface area (Å²) in [5, 5.41) is 0. The van der Waals surface area contributed by atoms with Crippen LogP contribution in [0.4, 0.5) is 5.69 Å². The van der Waals surface area contributed by atoms with E-state index in [9.17, 15) is 4.79 Å². The molecule has 2 aromatic rings. The Hall–Kier alpha value is -2.43. The number of amides is 1. The van der Waals surface area contributed by atoms with E-state index < -0.39 is 5.91 Å². The zero-order valence-electron chi connectivity index (χ0n) is 9.34. The van der Waals surface area contributed by atoms with Gasteiger partial charge in [-0.1, -0.05) is 6.07 Å². The van der Waals surface area contributed by atoms with Gasteiger partial charge in [-0.05, 0) is 24.6 Å². The molecule has 5 nitrogen and oxygen atoms in total. The molecule has 4 N–H and O–H groups in total. The highest BCUT2D eigenvalue weighted by atomic mass is 16.1. The molecule has 0 spiro atoms. The van der Waals surface area contributed by atoms with E-state index >= 15 is 0 Å². The highest BCUT2D eigenvalue weighted by Crippen LogP contribution is 2.22. The second-order valence-electron chi connectivity index (χ2n) is 3.69. The lowest BCUT2D eigenvalue weighted by molar-refractivity contribution is 0.0996. The van der Waals surface area contributed by atoms with Gasteiger partial charge in [0.15, 0.2) is 5.69 Å². The molecule has 5 heteroatoms. The molecule has 2 heterocycles. The maximum absolute atomic E-state index is 11.0. The van der Waals surface area contributed by atoms with E-state index in [0.717, 1.165) is 16.8 Å². The molecule has 0 radical (unpaired) electrons. The summed E-state index contributed by atoms with van der Waals surface area (Å²) in [5.41, 5.74) is 13.8. The lowest BCUT2D eigenvalue weighted by Crippen LogP contribution is -2.15. The van der Waals surface area contributed by atoms with E-state index in [1.165, 1.54) is 0 Å². The first-order valence-corrected chi connectivity index (χ1v) is 5.07. The third-order valence-corrected chi connectivity index (χ3v) is 2.43. The summed E-state index contributed by atoms with van der Waals surface area (Å²) in [6.07, 6.45) is 3.24. The Morgan fingerprint density at radius 3 is 2.71 bits per heavy atom. The number of aromatic nitrogens is 2. The van der Waals surface area contributed by atoms with Crippen LogP contribution in [0.3, 0.4) is 0 Å². The Labute approximate surface area is 98.5 Å². The summed E-state index contributed by atoms with van der Waals surface area (Å²) in [4.78, 5) is 19.2. The van der Waals surface area contributed by atoms with Gasteiger partial charge in [0, 0.05) is 18.0 Å². The molecule has 0 saturated carbocycles. The summed E-state index contributed by atoms with van der Waals surface area (Å²) < 4.78 is 0. The summed E-state index contributed by atoms with van der Waals surface area (Å²) in [6.45, 7) is 1.94. The normalized spacial score (nSPS) is 10.2. The van der Waals surface area contributed by atoms with Gasteiger partial charge in [-0.25, -0.2) is 4.98 Å². The number of nitrogens with two attached hydrogens (primary N) is 2. The molecule has 1 amide bonds. The monoisotopic (exact) mass is 228 g/mol. The maximum Gasteiger partial charge on any atom is 0.269 e. The van der Waals surface area contributed by atoms with Crippen molar-refractivity contribution < 1.29 is 4.79 Å². The minimum atomic E-state index is -0.633. The van der Waals surface area contributed by atoms with Crippen LogP contribution in [0.5, 0.6) is 0 Å². The Morgan fingerprint density at radius 2 is 2.12 bits per heavy atom. The highest BCUT2D eigenvalue weighted by Gasteiger charge is 2.10. The molecule has 0 aliphatic rings. The minimum Gasteiger partial charge on any atom is -0.397 e. The Bertz CT molecular complexity index is 580. The van der Waals surface area contributed by atoms with Crippen molar-refractivity contribution in [1.29, 1.82) is 0 Å². The summed E-state index contributed by atoms with van der Waals surface area (Å²) in [7, 11) is 0. The predicted octanol–water partition coefficient (Wildman–Crippen LogP) is 1.13. The number of anilines is 1. The van der Waals surface area contributed by atoms with Gasteiger partial charge >= 0.3 is 0 Å². The molecule has 0 aliphatic heterocycles. The average molecular weight is 228 g/mol. The SMILES string of the molecule is Cc1cccnc1-c1cnc(C(N)=O)c(N)c1. The Balaban J connectivity index is 2.52. The van der Waals surface area contributed by atoms with Gasteiger partial charge in [-0.15, -0.1) is 0 Å². The van der Waals surface area contributed by atoms with Crippen LogP contribution in [0.2, 0.25) is 0 Å². The van der Waals surface area contributed by atoms with E-state index in [1.807, 2.05) is 19.1 Å². The number of pyridine rings is 2. The Morgan fingerprint density at radius 1 is 1.35 bits per heavy atom. The molecule has 0 saturated heterocycles. The fourth-order valence-electron chi connectivity index (χ4n) is 1.61. The van der Waals surface area contributed by atoms with Crippen molar-refractivity contribution in [3.63, 3.8) is 0 Å². The van der Waals surface area contributed by atoms with Gasteiger partial charge in [-0.2, -0.15) is 0 Å². The van der Waals surface area contributed by atoms with Crippen LogP contribution in [0.15, 0.2) is 30.6 Å². The number of hydrogen-bond donors (Lipinski definition) is 2. The predicted molar refractivity (Wildman–Crippen MR) is 65.1 cm³/mol. The van der Waals surface area contributed by atoms with E-state index in [0.29, 0.717) is 0 Å². The van der Waals surface area contributed by atoms with Crippen molar-refractivity contribution in [2.24, 2.45) is 5.73 Å². The molecule has 0 unspecified atom stereocenters. The second-order valence-corrected chi connectivity index (χ2v) is 3.69. The average Bonchev–Trinajstić information content (AvgIpc) is 2.29. The van der Waals surface area contributed by atoms with Gasteiger partial charge in [0.25, 0.3) is 5.91 Å². The molecule has 0 aliphatic carbocycles. The van der Waals surface area contributed by atoms with Crippen molar-refractivity contribution in [2.45, 2.75) is 6.92 Å². The first kappa shape index (κ1) is 11.1. The zero-order chi connectivity index (χ0) is 12.4. The molecule has 0 bridgehead atoms. The third-order valence-electron chi connectivity index (χ3n) is 2.43. The van der Waals surface area contributed by atoms with Crippen molar-refractivity contribution in [1.82, 2.24) is 9.97 Å². The Kier molecular flexibility index (Phi) is 2.74. The summed E-state index contributed by atoms with van der Waals surface area (Å²) in [6, 6.07) is 5.45. The molecule has 2 rings (SSSR count). The van der Waals surface area contributed by atoms with Crippen LogP contribution >= 0.6 is 0 Å². The number of rotatable bonds is 2. The quantitative estimate of drug-likeness (QED) is 0.805. The lowest BCUT2D eigenvalue weighted by Gasteiger charge is -2.06. The summed E-state index contributed by atoms with van der Waals surface area (Å²) in [5.74, 6) is -0.633. The van der Waals surface area contributed by atoms with Gasteiger partial charge in [-0.3, -0.25) is 9.78 Å². The topological polar surface area (TPSA) is 94.9 Å². The van der Waals surface area contributed by atoms with Crippen LogP contribution in [0, 0.1) is 6.92 Å². The van der Waals surface area contributed by atoms with Gasteiger partial charge in [0.2, 0.25) is 0 Å². The molecular formula is C12H12N4O. The van der Waals surface area contributed by atoms with E-state index in [-0.39, 0.29) is 11.4 Å². The van der Waals surface area contributed by atoms with Crippen LogP contribution < -0.4 is 11.5 Å². The van der Waals surface area contributed by atoms with Crippen LogP contribution in [0.25, 0.3) is 11.3 Å². The van der Waals surface area contributed by atoms with E-state index in [2.05, 4.69) is 9.97 Å². The van der Waals surface area contributed by atoms with Gasteiger partial charge in [0.1, 0.15) is 0 Å². The molecule has 0 fully saturated rings. The molecule has 0 aromatic carbocycles. The minimum absolute atomic E-state index is 0.0855. The number of nitrogens with zero attached hydrogens (tertiary/aromatic N) is 2. The smallest absolute Gasteiger partial charge is 0.269 e. The van der Waals surface area contributed by atoms with E-state index in [1.54, 1.807) is 18.5 Å². The van der Waals surface area contributed by atoms with Crippen molar-refractivity contribution in [3.8, 4) is 11.3 Å². The molecule has 17 heavy (non-hydrogen) atoms. The zero-order valence-corrected chi connectivity index (χ0v) is 9.34. The van der Waals surface area contributed by atoms with Crippen molar-refractivity contribution >= 4 is 11.6 Å². The van der Waals surface area contributed by atoms with Crippen LogP contribution in [-0.2, 0) is 0 Å². The first-order chi connectivity index (χ1) is 8.09. The van der Waals surface area contributed by atoms with Crippen LogP contribution in [-0.4, -0.2) is 15.9 Å². The lowest BCUT2D eigenvalue weighted by atomic mass is 10.1. The summed E-state index contributed by atoms with van der Waals surface area (Å²) >= 11 is 0. The largest absolute Gasteiger partial charge is 0.397 e. The molecule has 86 valence electrons. The van der Waals surface area contributed by atoms with Gasteiger partial charge < -0.3 is 11.5 Å². The first-order valence-electron chi connectivity index (χ1n) is 5.07. The number of aryl methyl sites for hydroxylation is 1. The number of carbonyl (C=O) groups excluding carboxylic acids is 1. The number of primary amides is 1. The second kappa shape index (κ2) is 4.21. The molecule has 0 atom stereocenters. The van der Waals surface area contributed by atoms with E-state index in [4.69, 9.17) is 11.5 Å². The maximum atomic E-state index is 11.0. The number of carbonyl (C=O) groups is 1. The van der Waals surface area contributed by atoms with Crippen LogP contribution in [0.1, 0.15) is 16.1 Å². The molecule has 2 aromatic heterocycles. The van der Waals surface area contributed by atoms with Crippen molar-refractivity contribution in [3.05, 3.63) is 41.9 Å². The van der Waals surface area contributed by atoms with Gasteiger partial charge in [0.05, 0.1) is 11.4 Å². The standard InChI is InChI=1S/C12H12N4O/c1-7-3-2-4-15-10(7)8-5-9(13)11(12(14)17)16-6-8/h2-6H,13H2,1H3,(H2,14,17). The fourth-order valence-corrected chi connectivity index (χ4v) is 1.61. The molecular weight excluding hydrogens is 216 g/mol. The number of nitrogen functional groups attached to an aromatic ring is 1. The third kappa shape index (κ3) is 2.08. The number of hydrogen-bond acceptors (Lipinski definition) is 4. The highest BCUT2D eigenvalue weighted by molar-refractivity contribution is 5.96.